The van der Waals surface area contributed by atoms with Crippen molar-refractivity contribution in [3.05, 3.63) is 84.1 Å². The van der Waals surface area contributed by atoms with Gasteiger partial charge in [-0.15, -0.1) is 0 Å². The second-order valence-electron chi connectivity index (χ2n) is 7.97. The van der Waals surface area contributed by atoms with Crippen LogP contribution in [0.4, 0.5) is 5.69 Å². The van der Waals surface area contributed by atoms with Crippen LogP contribution in [-0.2, 0) is 11.3 Å². The van der Waals surface area contributed by atoms with Crippen LogP contribution in [0.2, 0.25) is 0 Å². The van der Waals surface area contributed by atoms with Gasteiger partial charge in [-0.1, -0.05) is 42.5 Å². The van der Waals surface area contributed by atoms with Crippen molar-refractivity contribution in [2.75, 3.05) is 11.9 Å². The average molecular weight is 409 g/mol. The third-order valence-corrected chi connectivity index (χ3v) is 5.84. The number of nitrogens with zero attached hydrogens (tertiary/aromatic N) is 2. The summed E-state index contributed by atoms with van der Waals surface area (Å²) in [6, 6.07) is 21.5. The molecule has 3 aromatic carbocycles. The van der Waals surface area contributed by atoms with Gasteiger partial charge in [0.1, 0.15) is 0 Å². The molecule has 2 amide bonds. The highest BCUT2D eigenvalue weighted by Crippen LogP contribution is 2.28. The van der Waals surface area contributed by atoms with Gasteiger partial charge in [0, 0.05) is 36.8 Å². The summed E-state index contributed by atoms with van der Waals surface area (Å²) in [6.45, 7) is 1.37. The van der Waals surface area contributed by atoms with Gasteiger partial charge in [-0.3, -0.25) is 14.6 Å². The molecule has 0 spiro atoms. The molecule has 2 heterocycles. The quantitative estimate of drug-likeness (QED) is 0.474. The number of hydrogen-bond acceptors (Lipinski definition) is 3. The molecule has 0 bridgehead atoms. The van der Waals surface area contributed by atoms with Crippen molar-refractivity contribution in [2.45, 2.75) is 25.8 Å². The highest BCUT2D eigenvalue weighted by Gasteiger charge is 2.18. The zero-order valence-electron chi connectivity index (χ0n) is 17.2. The van der Waals surface area contributed by atoms with E-state index in [2.05, 4.69) is 10.3 Å². The van der Waals surface area contributed by atoms with Crippen LogP contribution in [0, 0.1) is 0 Å². The van der Waals surface area contributed by atoms with E-state index in [4.69, 9.17) is 0 Å². The first-order valence-electron chi connectivity index (χ1n) is 10.6. The van der Waals surface area contributed by atoms with Gasteiger partial charge in [0.25, 0.3) is 5.91 Å². The first-order valence-corrected chi connectivity index (χ1v) is 10.6. The normalized spacial score (nSPS) is 14.2. The molecule has 1 saturated heterocycles. The summed E-state index contributed by atoms with van der Waals surface area (Å²) in [6.07, 6.45) is 4.35. The van der Waals surface area contributed by atoms with Gasteiger partial charge in [-0.2, -0.15) is 0 Å². The largest absolute Gasteiger partial charge is 0.338 e. The highest BCUT2D eigenvalue weighted by atomic mass is 16.2. The molecule has 0 radical (unpaired) electrons. The summed E-state index contributed by atoms with van der Waals surface area (Å²) in [4.78, 5) is 31.7. The van der Waals surface area contributed by atoms with Crippen LogP contribution in [0.3, 0.4) is 0 Å². The molecule has 31 heavy (non-hydrogen) atoms. The molecule has 0 atom stereocenters. The van der Waals surface area contributed by atoms with Crippen molar-refractivity contribution in [3.8, 4) is 0 Å². The molecule has 0 aliphatic carbocycles. The van der Waals surface area contributed by atoms with E-state index < -0.39 is 0 Å². The van der Waals surface area contributed by atoms with Gasteiger partial charge in [0.2, 0.25) is 5.91 Å². The molecular formula is C26H23N3O2. The number of carbonyl (C=O) groups is 2. The number of anilines is 1. The molecule has 1 aromatic heterocycles. The maximum Gasteiger partial charge on any atom is 0.257 e. The van der Waals surface area contributed by atoms with Crippen molar-refractivity contribution in [1.82, 2.24) is 9.88 Å². The Hall–Kier alpha value is -3.73. The smallest absolute Gasteiger partial charge is 0.257 e. The number of amides is 2. The van der Waals surface area contributed by atoms with Crippen molar-refractivity contribution in [1.29, 1.82) is 0 Å². The molecule has 154 valence electrons. The highest BCUT2D eigenvalue weighted by molar-refractivity contribution is 6.18. The zero-order valence-corrected chi connectivity index (χ0v) is 17.2. The molecule has 4 aromatic rings. The van der Waals surface area contributed by atoms with Crippen LogP contribution in [0.1, 0.15) is 35.2 Å². The number of carbonyl (C=O) groups excluding carboxylic acids is 2. The lowest BCUT2D eigenvalue weighted by molar-refractivity contribution is -0.133. The number of aromatic nitrogens is 1. The number of rotatable bonds is 4. The summed E-state index contributed by atoms with van der Waals surface area (Å²) in [5.74, 6) is 0.00930. The fraction of sp³-hybridized carbons (Fsp3) is 0.192. The van der Waals surface area contributed by atoms with Gasteiger partial charge in [-0.25, -0.2) is 0 Å². The first-order chi connectivity index (χ1) is 15.2. The second-order valence-corrected chi connectivity index (χ2v) is 7.97. The molecule has 1 fully saturated rings. The number of likely N-dealkylation sites (tertiary alicyclic amines) is 1. The van der Waals surface area contributed by atoms with Crippen LogP contribution < -0.4 is 5.32 Å². The minimum Gasteiger partial charge on any atom is -0.338 e. The molecule has 0 unspecified atom stereocenters. The SMILES string of the molecule is O=C(Nc1cccc(CN2CCCCC2=O)c1)c1cc2ccccc2c2cccnc12. The second kappa shape index (κ2) is 8.19. The lowest BCUT2D eigenvalue weighted by atomic mass is 10.0. The standard InChI is InChI=1S/C26H23N3O2/c30-24-12-3-4-14-29(24)17-18-7-5-9-20(15-18)28-26(31)23-16-19-8-1-2-10-21(19)22-11-6-13-27-25(22)23/h1-2,5-11,13,15-16H,3-4,12,14,17H2,(H,28,31). The maximum atomic E-state index is 13.2. The van der Waals surface area contributed by atoms with E-state index in [0.29, 0.717) is 29.7 Å². The molecule has 1 N–H and O–H groups in total. The Balaban J connectivity index is 1.44. The monoisotopic (exact) mass is 409 g/mol. The zero-order chi connectivity index (χ0) is 21.2. The Morgan fingerprint density at radius 1 is 0.968 bits per heavy atom. The maximum absolute atomic E-state index is 13.2. The molecular weight excluding hydrogens is 386 g/mol. The van der Waals surface area contributed by atoms with E-state index in [1.54, 1.807) is 6.20 Å². The lowest BCUT2D eigenvalue weighted by Crippen LogP contribution is -2.34. The van der Waals surface area contributed by atoms with E-state index in [1.807, 2.05) is 71.6 Å². The first kappa shape index (κ1) is 19.2. The number of hydrogen-bond donors (Lipinski definition) is 1. The summed E-state index contributed by atoms with van der Waals surface area (Å²) in [5, 5.41) is 6.07. The number of fused-ring (bicyclic) bond motifs is 3. The fourth-order valence-electron chi connectivity index (χ4n) is 4.30. The Morgan fingerprint density at radius 2 is 1.84 bits per heavy atom. The molecule has 5 heteroatoms. The third-order valence-electron chi connectivity index (χ3n) is 5.84. The minimum atomic E-state index is -0.194. The summed E-state index contributed by atoms with van der Waals surface area (Å²) >= 11 is 0. The molecule has 5 nitrogen and oxygen atoms in total. The molecule has 1 aliphatic rings. The van der Waals surface area contributed by atoms with Crippen LogP contribution in [0.5, 0.6) is 0 Å². The number of piperidine rings is 1. The summed E-state index contributed by atoms with van der Waals surface area (Å²) in [7, 11) is 0. The van der Waals surface area contributed by atoms with Crippen molar-refractivity contribution >= 4 is 39.2 Å². The average Bonchev–Trinajstić information content (AvgIpc) is 2.80. The van der Waals surface area contributed by atoms with Crippen LogP contribution >= 0.6 is 0 Å². The molecule has 0 saturated carbocycles. The van der Waals surface area contributed by atoms with Crippen LogP contribution in [-0.4, -0.2) is 28.2 Å². The number of benzene rings is 3. The fourth-order valence-corrected chi connectivity index (χ4v) is 4.30. The molecule has 1 aliphatic heterocycles. The Morgan fingerprint density at radius 3 is 2.74 bits per heavy atom. The number of pyridine rings is 1. The molecule has 5 rings (SSSR count). The van der Waals surface area contributed by atoms with E-state index in [9.17, 15) is 9.59 Å². The Labute approximate surface area is 180 Å². The van der Waals surface area contributed by atoms with Gasteiger partial charge >= 0.3 is 0 Å². The number of nitrogens with one attached hydrogen (secondary N) is 1. The van der Waals surface area contributed by atoms with Crippen molar-refractivity contribution in [2.24, 2.45) is 0 Å². The Bertz CT molecular complexity index is 1300. The van der Waals surface area contributed by atoms with E-state index in [1.165, 1.54) is 0 Å². The van der Waals surface area contributed by atoms with E-state index >= 15 is 0 Å². The van der Waals surface area contributed by atoms with E-state index in [-0.39, 0.29) is 11.8 Å². The van der Waals surface area contributed by atoms with Gasteiger partial charge in [-0.05, 0) is 53.4 Å². The Kier molecular flexibility index (Phi) is 5.08. The van der Waals surface area contributed by atoms with Crippen LogP contribution in [0.25, 0.3) is 21.7 Å². The predicted molar refractivity (Wildman–Crippen MR) is 123 cm³/mol. The third kappa shape index (κ3) is 3.87. The van der Waals surface area contributed by atoms with Crippen LogP contribution in [0.15, 0.2) is 72.9 Å². The lowest BCUT2D eigenvalue weighted by Gasteiger charge is -2.26. The summed E-state index contributed by atoms with van der Waals surface area (Å²) < 4.78 is 0. The predicted octanol–water partition coefficient (Wildman–Crippen LogP) is 5.15. The van der Waals surface area contributed by atoms with Crippen molar-refractivity contribution in [3.63, 3.8) is 0 Å². The van der Waals surface area contributed by atoms with Gasteiger partial charge < -0.3 is 10.2 Å². The topological polar surface area (TPSA) is 62.3 Å². The summed E-state index contributed by atoms with van der Waals surface area (Å²) in [5.41, 5.74) is 2.96. The minimum absolute atomic E-state index is 0.194. The van der Waals surface area contributed by atoms with Gasteiger partial charge in [0.15, 0.2) is 0 Å². The van der Waals surface area contributed by atoms with Crippen molar-refractivity contribution < 1.29 is 9.59 Å². The van der Waals surface area contributed by atoms with Gasteiger partial charge in [0.05, 0.1) is 11.1 Å². The van der Waals surface area contributed by atoms with E-state index in [0.717, 1.165) is 41.1 Å².